The van der Waals surface area contributed by atoms with Crippen LogP contribution in [0, 0.1) is 0 Å². The van der Waals surface area contributed by atoms with E-state index in [1.165, 1.54) is 32.1 Å². The van der Waals surface area contributed by atoms with Crippen LogP contribution >= 0.6 is 0 Å². The molecular formula is C27H32N2O4. The molecule has 2 aliphatic rings. The first-order valence-corrected chi connectivity index (χ1v) is 12.1. The number of piperidine rings is 1. The smallest absolute Gasteiger partial charge is 0.255 e. The van der Waals surface area contributed by atoms with Gasteiger partial charge in [0.1, 0.15) is 11.8 Å². The van der Waals surface area contributed by atoms with Crippen molar-refractivity contribution in [2.75, 3.05) is 6.61 Å². The fourth-order valence-electron chi connectivity index (χ4n) is 4.66. The summed E-state index contributed by atoms with van der Waals surface area (Å²) in [4.78, 5) is 38.4. The number of carbonyl (C=O) groups is 3. The van der Waals surface area contributed by atoms with Gasteiger partial charge in [0.05, 0.1) is 6.61 Å². The largest absolute Gasteiger partial charge is 0.494 e. The van der Waals surface area contributed by atoms with Crippen molar-refractivity contribution in [1.29, 1.82) is 0 Å². The molecule has 1 fully saturated rings. The number of imide groups is 1. The number of rotatable bonds is 10. The standard InChI is InChI=1S/C27H32N2O4/c1-2-3-4-5-6-7-17-33-20-13-11-19(12-14-20)21-9-8-10-22-23(21)18-29(27(22)32)24-15-16-25(30)28-26(24)31/h8-14,24H,2-7,15-18H2,1H3,(H,28,30,31). The summed E-state index contributed by atoms with van der Waals surface area (Å²) in [5.41, 5.74) is 3.54. The highest BCUT2D eigenvalue weighted by atomic mass is 16.5. The van der Waals surface area contributed by atoms with Crippen molar-refractivity contribution in [3.63, 3.8) is 0 Å². The van der Waals surface area contributed by atoms with E-state index in [0.29, 0.717) is 18.5 Å². The lowest BCUT2D eigenvalue weighted by Gasteiger charge is -2.29. The molecule has 4 rings (SSSR count). The Balaban J connectivity index is 1.40. The highest BCUT2D eigenvalue weighted by Gasteiger charge is 2.39. The van der Waals surface area contributed by atoms with E-state index in [0.717, 1.165) is 35.5 Å². The molecule has 2 aromatic carbocycles. The van der Waals surface area contributed by atoms with Crippen LogP contribution in [0.15, 0.2) is 42.5 Å². The lowest BCUT2D eigenvalue weighted by Crippen LogP contribution is -2.52. The van der Waals surface area contributed by atoms with Crippen LogP contribution in [-0.2, 0) is 16.1 Å². The first kappa shape index (κ1) is 23.0. The van der Waals surface area contributed by atoms with E-state index in [1.807, 2.05) is 42.5 Å². The topological polar surface area (TPSA) is 75.7 Å². The van der Waals surface area contributed by atoms with Gasteiger partial charge in [-0.15, -0.1) is 0 Å². The zero-order chi connectivity index (χ0) is 23.2. The lowest BCUT2D eigenvalue weighted by atomic mass is 9.97. The molecule has 0 radical (unpaired) electrons. The number of benzene rings is 2. The predicted molar refractivity (Wildman–Crippen MR) is 127 cm³/mol. The van der Waals surface area contributed by atoms with Gasteiger partial charge in [0.25, 0.3) is 5.91 Å². The maximum absolute atomic E-state index is 13.0. The molecule has 2 heterocycles. The number of nitrogens with one attached hydrogen (secondary N) is 1. The maximum Gasteiger partial charge on any atom is 0.255 e. The van der Waals surface area contributed by atoms with Gasteiger partial charge in [-0.2, -0.15) is 0 Å². The van der Waals surface area contributed by atoms with Crippen molar-refractivity contribution in [3.05, 3.63) is 53.6 Å². The van der Waals surface area contributed by atoms with E-state index in [1.54, 1.807) is 4.90 Å². The molecule has 1 saturated heterocycles. The van der Waals surface area contributed by atoms with Crippen LogP contribution < -0.4 is 10.1 Å². The van der Waals surface area contributed by atoms with Crippen molar-refractivity contribution in [2.45, 2.75) is 70.9 Å². The molecular weight excluding hydrogens is 416 g/mol. The molecule has 0 aliphatic carbocycles. The van der Waals surface area contributed by atoms with Crippen LogP contribution in [0.4, 0.5) is 0 Å². The van der Waals surface area contributed by atoms with Gasteiger partial charge in [0.15, 0.2) is 0 Å². The van der Waals surface area contributed by atoms with Gasteiger partial charge in [0.2, 0.25) is 11.8 Å². The fraction of sp³-hybridized carbons (Fsp3) is 0.444. The Kier molecular flexibility index (Phi) is 7.43. The fourth-order valence-corrected chi connectivity index (χ4v) is 4.66. The van der Waals surface area contributed by atoms with E-state index in [4.69, 9.17) is 4.74 Å². The molecule has 2 aliphatic heterocycles. The Morgan fingerprint density at radius 2 is 1.67 bits per heavy atom. The molecule has 2 aromatic rings. The summed E-state index contributed by atoms with van der Waals surface area (Å²) in [6, 6.07) is 13.1. The number of hydrogen-bond acceptors (Lipinski definition) is 4. The molecule has 33 heavy (non-hydrogen) atoms. The van der Waals surface area contributed by atoms with Crippen LogP contribution in [0.25, 0.3) is 11.1 Å². The van der Waals surface area contributed by atoms with Crippen molar-refractivity contribution >= 4 is 17.7 Å². The van der Waals surface area contributed by atoms with Gasteiger partial charge in [-0.3, -0.25) is 19.7 Å². The number of carbonyl (C=O) groups excluding carboxylic acids is 3. The zero-order valence-corrected chi connectivity index (χ0v) is 19.3. The molecule has 1 unspecified atom stereocenters. The minimum absolute atomic E-state index is 0.153. The first-order valence-electron chi connectivity index (χ1n) is 12.1. The third-order valence-corrected chi connectivity index (χ3v) is 6.51. The molecule has 1 atom stereocenters. The van der Waals surface area contributed by atoms with Crippen molar-refractivity contribution in [3.8, 4) is 16.9 Å². The Labute approximate surface area is 195 Å². The van der Waals surface area contributed by atoms with Crippen LogP contribution in [0.5, 0.6) is 5.75 Å². The van der Waals surface area contributed by atoms with Crippen molar-refractivity contribution < 1.29 is 19.1 Å². The summed E-state index contributed by atoms with van der Waals surface area (Å²) in [5, 5.41) is 2.35. The summed E-state index contributed by atoms with van der Waals surface area (Å²) >= 11 is 0. The summed E-state index contributed by atoms with van der Waals surface area (Å²) < 4.78 is 5.90. The molecule has 6 nitrogen and oxygen atoms in total. The molecule has 6 heteroatoms. The minimum atomic E-state index is -0.604. The van der Waals surface area contributed by atoms with Crippen LogP contribution in [0.1, 0.15) is 74.2 Å². The highest BCUT2D eigenvalue weighted by Crippen LogP contribution is 2.35. The normalized spacial score (nSPS) is 17.8. The molecule has 3 amide bonds. The number of ether oxygens (including phenoxy) is 1. The van der Waals surface area contributed by atoms with E-state index in [2.05, 4.69) is 12.2 Å². The third-order valence-electron chi connectivity index (χ3n) is 6.51. The second-order valence-electron chi connectivity index (χ2n) is 8.87. The molecule has 1 N–H and O–H groups in total. The minimum Gasteiger partial charge on any atom is -0.494 e. The highest BCUT2D eigenvalue weighted by molar-refractivity contribution is 6.06. The molecule has 0 aromatic heterocycles. The molecule has 0 saturated carbocycles. The summed E-state index contributed by atoms with van der Waals surface area (Å²) in [5.74, 6) is 0.0297. The van der Waals surface area contributed by atoms with E-state index < -0.39 is 6.04 Å². The average Bonchev–Trinajstić information content (AvgIpc) is 3.15. The number of hydrogen-bond donors (Lipinski definition) is 1. The summed E-state index contributed by atoms with van der Waals surface area (Å²) in [7, 11) is 0. The number of unbranched alkanes of at least 4 members (excludes halogenated alkanes) is 5. The Bertz CT molecular complexity index is 1020. The Morgan fingerprint density at radius 3 is 2.42 bits per heavy atom. The van der Waals surface area contributed by atoms with E-state index in [9.17, 15) is 14.4 Å². The molecule has 174 valence electrons. The quantitative estimate of drug-likeness (QED) is 0.416. The van der Waals surface area contributed by atoms with Crippen LogP contribution in [0.3, 0.4) is 0 Å². The summed E-state index contributed by atoms with van der Waals surface area (Å²) in [6.07, 6.45) is 8.02. The second-order valence-corrected chi connectivity index (χ2v) is 8.87. The monoisotopic (exact) mass is 448 g/mol. The van der Waals surface area contributed by atoms with Gasteiger partial charge in [-0.25, -0.2) is 0 Å². The van der Waals surface area contributed by atoms with Gasteiger partial charge < -0.3 is 9.64 Å². The average molecular weight is 449 g/mol. The van der Waals surface area contributed by atoms with Gasteiger partial charge in [0, 0.05) is 18.5 Å². The van der Waals surface area contributed by atoms with Gasteiger partial charge in [-0.1, -0.05) is 63.3 Å². The predicted octanol–water partition coefficient (Wildman–Crippen LogP) is 4.85. The molecule has 0 spiro atoms. The van der Waals surface area contributed by atoms with Gasteiger partial charge >= 0.3 is 0 Å². The maximum atomic E-state index is 13.0. The van der Waals surface area contributed by atoms with E-state index >= 15 is 0 Å². The second kappa shape index (κ2) is 10.6. The lowest BCUT2D eigenvalue weighted by molar-refractivity contribution is -0.136. The Morgan fingerprint density at radius 1 is 0.939 bits per heavy atom. The summed E-state index contributed by atoms with van der Waals surface area (Å²) in [6.45, 7) is 3.32. The van der Waals surface area contributed by atoms with Crippen molar-refractivity contribution in [1.82, 2.24) is 10.2 Å². The SMILES string of the molecule is CCCCCCCCOc1ccc(-c2cccc3c2CN(C2CCC(=O)NC2=O)C3=O)cc1. The van der Waals surface area contributed by atoms with Crippen LogP contribution in [-0.4, -0.2) is 35.3 Å². The van der Waals surface area contributed by atoms with Gasteiger partial charge in [-0.05, 0) is 47.7 Å². The number of nitrogens with zero attached hydrogens (tertiary/aromatic N) is 1. The van der Waals surface area contributed by atoms with Crippen molar-refractivity contribution in [2.24, 2.45) is 0 Å². The molecule has 0 bridgehead atoms. The zero-order valence-electron chi connectivity index (χ0n) is 19.3. The van der Waals surface area contributed by atoms with E-state index in [-0.39, 0.29) is 24.1 Å². The number of fused-ring (bicyclic) bond motifs is 1. The number of amides is 3. The third kappa shape index (κ3) is 5.27. The first-order chi connectivity index (χ1) is 16.1. The Hall–Kier alpha value is -3.15. The van der Waals surface area contributed by atoms with Crippen LogP contribution in [0.2, 0.25) is 0 Å².